The SMILES string of the molecule is CNC(CCC(=O)CC(CCC(=O)CC(CCC(C)=O)C(=O)O)C(=O)O)C(=O)O. The molecule has 0 heterocycles. The van der Waals surface area contributed by atoms with E-state index in [1.807, 2.05) is 0 Å². The third-order valence-electron chi connectivity index (χ3n) is 4.62. The van der Waals surface area contributed by atoms with Crippen molar-refractivity contribution in [1.29, 1.82) is 0 Å². The van der Waals surface area contributed by atoms with E-state index in [-0.39, 0.29) is 57.1 Å². The van der Waals surface area contributed by atoms with E-state index in [0.717, 1.165) is 0 Å². The Labute approximate surface area is 168 Å². The number of ketones is 3. The maximum atomic E-state index is 12.0. The summed E-state index contributed by atoms with van der Waals surface area (Å²) in [4.78, 5) is 68.5. The molecule has 0 aromatic rings. The van der Waals surface area contributed by atoms with Crippen LogP contribution in [0.2, 0.25) is 0 Å². The first-order chi connectivity index (χ1) is 13.5. The summed E-state index contributed by atoms with van der Waals surface area (Å²) in [6.07, 6.45) is -0.950. The van der Waals surface area contributed by atoms with Gasteiger partial charge in [0.05, 0.1) is 11.8 Å². The molecule has 3 unspecified atom stereocenters. The largest absolute Gasteiger partial charge is 0.481 e. The van der Waals surface area contributed by atoms with E-state index in [1.54, 1.807) is 0 Å². The molecule has 4 N–H and O–H groups in total. The standard InChI is InChI=1S/C19H29NO9/c1-11(21)3-4-12(17(24)25)9-14(22)6-5-13(18(26)27)10-15(23)7-8-16(20-2)19(28)29/h12-13,16,20H,3-10H2,1-2H3,(H,24,25)(H,26,27)(H,28,29). The summed E-state index contributed by atoms with van der Waals surface area (Å²) in [5, 5.41) is 29.8. The minimum Gasteiger partial charge on any atom is -0.481 e. The molecule has 0 rings (SSSR count). The molecule has 10 nitrogen and oxygen atoms in total. The number of nitrogens with one attached hydrogen (secondary N) is 1. The lowest BCUT2D eigenvalue weighted by Gasteiger charge is -2.14. The van der Waals surface area contributed by atoms with E-state index in [9.17, 15) is 33.9 Å². The Kier molecular flexibility index (Phi) is 12.3. The second-order valence-corrected chi connectivity index (χ2v) is 7.05. The Balaban J connectivity index is 4.61. The predicted octanol–water partition coefficient (Wildman–Crippen LogP) is 0.909. The Hall–Kier alpha value is -2.62. The summed E-state index contributed by atoms with van der Waals surface area (Å²) in [5.41, 5.74) is 0. The first kappa shape index (κ1) is 26.4. The van der Waals surface area contributed by atoms with Crippen molar-refractivity contribution in [1.82, 2.24) is 5.32 Å². The highest BCUT2D eigenvalue weighted by Crippen LogP contribution is 2.19. The second-order valence-electron chi connectivity index (χ2n) is 7.05. The summed E-state index contributed by atoms with van der Waals surface area (Å²) in [5.74, 6) is -6.72. The maximum Gasteiger partial charge on any atom is 0.320 e. The first-order valence-corrected chi connectivity index (χ1v) is 9.36. The molecule has 0 aliphatic carbocycles. The minimum atomic E-state index is -1.25. The van der Waals surface area contributed by atoms with Crippen LogP contribution in [0.5, 0.6) is 0 Å². The highest BCUT2D eigenvalue weighted by molar-refractivity contribution is 5.86. The van der Waals surface area contributed by atoms with Gasteiger partial charge in [-0.1, -0.05) is 0 Å². The number of carboxylic acid groups (broad SMARTS) is 3. The van der Waals surface area contributed by atoms with Crippen molar-refractivity contribution in [2.75, 3.05) is 7.05 Å². The third-order valence-corrected chi connectivity index (χ3v) is 4.62. The average Bonchev–Trinajstić information content (AvgIpc) is 2.61. The monoisotopic (exact) mass is 415 g/mol. The summed E-state index contributed by atoms with van der Waals surface area (Å²) >= 11 is 0. The highest BCUT2D eigenvalue weighted by Gasteiger charge is 2.26. The van der Waals surface area contributed by atoms with E-state index in [1.165, 1.54) is 14.0 Å². The Morgan fingerprint density at radius 3 is 1.45 bits per heavy atom. The molecule has 0 spiro atoms. The fourth-order valence-corrected chi connectivity index (χ4v) is 2.79. The van der Waals surface area contributed by atoms with E-state index in [2.05, 4.69) is 5.32 Å². The van der Waals surface area contributed by atoms with Crippen LogP contribution in [0.15, 0.2) is 0 Å². The van der Waals surface area contributed by atoms with Gasteiger partial charge in [-0.3, -0.25) is 24.0 Å². The van der Waals surface area contributed by atoms with Crippen molar-refractivity contribution in [3.05, 3.63) is 0 Å². The predicted molar refractivity (Wildman–Crippen MR) is 100 cm³/mol. The Bertz CT molecular complexity index is 629. The van der Waals surface area contributed by atoms with Crippen molar-refractivity contribution < 1.29 is 44.1 Å². The van der Waals surface area contributed by atoms with Crippen molar-refractivity contribution in [2.45, 2.75) is 64.3 Å². The van der Waals surface area contributed by atoms with Gasteiger partial charge in [-0.2, -0.15) is 0 Å². The van der Waals surface area contributed by atoms with Gasteiger partial charge in [0.2, 0.25) is 0 Å². The van der Waals surface area contributed by atoms with Crippen molar-refractivity contribution in [2.24, 2.45) is 11.8 Å². The molecule has 0 radical (unpaired) electrons. The van der Waals surface area contributed by atoms with Crippen LogP contribution in [-0.2, 0) is 28.8 Å². The normalized spacial score (nSPS) is 13.9. The Morgan fingerprint density at radius 2 is 1.10 bits per heavy atom. The van der Waals surface area contributed by atoms with Gasteiger partial charge in [-0.25, -0.2) is 0 Å². The van der Waals surface area contributed by atoms with Crippen LogP contribution in [-0.4, -0.2) is 63.7 Å². The molecule has 0 aliphatic heterocycles. The molecule has 0 aromatic carbocycles. The highest BCUT2D eigenvalue weighted by atomic mass is 16.4. The smallest absolute Gasteiger partial charge is 0.320 e. The molecule has 3 atom stereocenters. The van der Waals surface area contributed by atoms with Gasteiger partial charge in [0.25, 0.3) is 0 Å². The molecular formula is C19H29NO9. The summed E-state index contributed by atoms with van der Waals surface area (Å²) < 4.78 is 0. The average molecular weight is 415 g/mol. The number of hydrogen-bond donors (Lipinski definition) is 4. The molecule has 0 saturated heterocycles. The number of carboxylic acids is 3. The van der Waals surface area contributed by atoms with Gasteiger partial charge < -0.3 is 25.4 Å². The van der Waals surface area contributed by atoms with Crippen LogP contribution >= 0.6 is 0 Å². The molecule has 0 aliphatic rings. The van der Waals surface area contributed by atoms with E-state index < -0.39 is 47.4 Å². The molecule has 10 heteroatoms. The second kappa shape index (κ2) is 13.5. The first-order valence-electron chi connectivity index (χ1n) is 9.36. The summed E-state index contributed by atoms with van der Waals surface area (Å²) in [6.45, 7) is 1.32. The van der Waals surface area contributed by atoms with Crippen LogP contribution in [0.3, 0.4) is 0 Å². The van der Waals surface area contributed by atoms with Crippen LogP contribution in [0.4, 0.5) is 0 Å². The Morgan fingerprint density at radius 1 is 0.690 bits per heavy atom. The molecule has 29 heavy (non-hydrogen) atoms. The minimum absolute atomic E-state index is 0.0202. The zero-order chi connectivity index (χ0) is 22.6. The van der Waals surface area contributed by atoms with E-state index >= 15 is 0 Å². The fraction of sp³-hybridized carbons (Fsp3) is 0.684. The summed E-state index contributed by atoms with van der Waals surface area (Å²) in [7, 11) is 1.44. The van der Waals surface area contributed by atoms with Gasteiger partial charge >= 0.3 is 17.9 Å². The molecule has 0 aromatic heterocycles. The lowest BCUT2D eigenvalue weighted by Crippen LogP contribution is -2.34. The molecular weight excluding hydrogens is 386 g/mol. The van der Waals surface area contributed by atoms with Crippen molar-refractivity contribution in [3.8, 4) is 0 Å². The molecule has 0 bridgehead atoms. The van der Waals surface area contributed by atoms with Crippen molar-refractivity contribution in [3.63, 3.8) is 0 Å². The number of likely N-dealkylation sites (N-methyl/N-ethyl adjacent to an activating group) is 1. The number of rotatable bonds is 17. The van der Waals surface area contributed by atoms with Crippen LogP contribution in [0, 0.1) is 11.8 Å². The van der Waals surface area contributed by atoms with Crippen LogP contribution < -0.4 is 5.32 Å². The zero-order valence-corrected chi connectivity index (χ0v) is 16.7. The van der Waals surface area contributed by atoms with E-state index in [0.29, 0.717) is 0 Å². The van der Waals surface area contributed by atoms with Gasteiger partial charge in [0.1, 0.15) is 23.4 Å². The number of carbonyl (C=O) groups excluding carboxylic acids is 3. The number of hydrogen-bond acceptors (Lipinski definition) is 7. The zero-order valence-electron chi connectivity index (χ0n) is 16.7. The topological polar surface area (TPSA) is 175 Å². The third kappa shape index (κ3) is 11.7. The molecule has 0 fully saturated rings. The maximum absolute atomic E-state index is 12.0. The quantitative estimate of drug-likeness (QED) is 0.267. The lowest BCUT2D eigenvalue weighted by atomic mass is 9.90. The van der Waals surface area contributed by atoms with Gasteiger partial charge in [-0.05, 0) is 33.2 Å². The van der Waals surface area contributed by atoms with Crippen LogP contribution in [0.1, 0.15) is 58.3 Å². The fourth-order valence-electron chi connectivity index (χ4n) is 2.79. The number of Topliss-reactive ketones (excluding diaryl/α,β-unsaturated/α-hetero) is 3. The van der Waals surface area contributed by atoms with Gasteiger partial charge in [-0.15, -0.1) is 0 Å². The molecule has 164 valence electrons. The molecule has 0 saturated carbocycles. The molecule has 0 amide bonds. The van der Waals surface area contributed by atoms with Gasteiger partial charge in [0.15, 0.2) is 0 Å². The lowest BCUT2D eigenvalue weighted by molar-refractivity contribution is -0.145. The number of aliphatic carboxylic acids is 3. The van der Waals surface area contributed by atoms with Gasteiger partial charge in [0, 0.05) is 32.1 Å². The summed E-state index contributed by atoms with van der Waals surface area (Å²) in [6, 6.07) is -0.910. The van der Waals surface area contributed by atoms with Crippen molar-refractivity contribution >= 4 is 35.3 Å². The number of carbonyl (C=O) groups is 6. The van der Waals surface area contributed by atoms with Crippen LogP contribution in [0.25, 0.3) is 0 Å². The van der Waals surface area contributed by atoms with E-state index in [4.69, 9.17) is 10.2 Å².